The Morgan fingerprint density at radius 3 is 2.19 bits per heavy atom. The van der Waals surface area contributed by atoms with E-state index in [0.717, 1.165) is 29.9 Å². The number of hydrazine groups is 1. The Kier molecular flexibility index (Phi) is 13.6. The smallest absolute Gasteiger partial charge is 0.303 e. The monoisotopic (exact) mass is 678 g/mol. The maximum atomic E-state index is 13.7. The van der Waals surface area contributed by atoms with Crippen molar-refractivity contribution >= 4 is 51.3 Å². The van der Waals surface area contributed by atoms with Crippen LogP contribution < -0.4 is 11.6 Å². The number of rotatable bonds is 14. The number of esters is 3. The second kappa shape index (κ2) is 16.3. The van der Waals surface area contributed by atoms with E-state index in [1.165, 1.54) is 27.0 Å². The molecular formula is C26H30BrF3N4O7S. The van der Waals surface area contributed by atoms with Gasteiger partial charge in [0.2, 0.25) is 0 Å². The van der Waals surface area contributed by atoms with E-state index in [1.807, 2.05) is 0 Å². The predicted octanol–water partition coefficient (Wildman–Crippen LogP) is 3.64. The van der Waals surface area contributed by atoms with E-state index < -0.39 is 59.1 Å². The summed E-state index contributed by atoms with van der Waals surface area (Å²) in [5.41, 5.74) is 4.44. The second-order valence-corrected chi connectivity index (χ2v) is 10.9. The first-order valence-electron chi connectivity index (χ1n) is 12.2. The summed E-state index contributed by atoms with van der Waals surface area (Å²) in [5.74, 6) is -0.382. The average Bonchev–Trinajstić information content (AvgIpc) is 2.87. The Labute approximate surface area is 252 Å². The number of carbonyl (C=O) groups excluding carboxylic acids is 3. The van der Waals surface area contributed by atoms with Crippen LogP contribution in [-0.2, 0) is 33.3 Å². The van der Waals surface area contributed by atoms with Crippen LogP contribution in [0, 0.1) is 17.5 Å². The zero-order chi connectivity index (χ0) is 31.6. The second-order valence-electron chi connectivity index (χ2n) is 8.80. The summed E-state index contributed by atoms with van der Waals surface area (Å²) in [5, 5.41) is 0.981. The lowest BCUT2D eigenvalue weighted by Gasteiger charge is -2.33. The molecule has 1 heterocycles. The van der Waals surface area contributed by atoms with Gasteiger partial charge in [-0.2, -0.15) is 0 Å². The molecule has 0 amide bonds. The molecule has 230 valence electrons. The van der Waals surface area contributed by atoms with Crippen molar-refractivity contribution < 1.29 is 46.5 Å². The molecule has 2 rings (SSSR count). The number of nitrogens with two attached hydrogens (primary N) is 2. The third-order valence-electron chi connectivity index (χ3n) is 5.20. The standard InChI is InChI=1S/C26H30BrF3N4O7S/c1-13(39-15(3)36)24(12-38-14(2)35)41-26(42-19-7-18(27)8-33-9-19)23(40-16(4)37)11-34(32)10-22(31)17-5-20(28)25(30)21(29)6-17/h5-10,13,23-24,26H,11-12,31-32H2,1-4H3/b22-10-/t13?,23-,24?,26?/m0/s1. The Morgan fingerprint density at radius 1 is 1.02 bits per heavy atom. The lowest BCUT2D eigenvalue weighted by atomic mass is 10.1. The highest BCUT2D eigenvalue weighted by molar-refractivity contribution is 9.10. The molecule has 0 fully saturated rings. The molecule has 4 atom stereocenters. The van der Waals surface area contributed by atoms with Crippen LogP contribution in [0.3, 0.4) is 0 Å². The summed E-state index contributed by atoms with van der Waals surface area (Å²) in [6.45, 7) is 4.47. The highest BCUT2D eigenvalue weighted by Crippen LogP contribution is 2.31. The van der Waals surface area contributed by atoms with Gasteiger partial charge >= 0.3 is 17.9 Å². The fourth-order valence-electron chi connectivity index (χ4n) is 3.41. The van der Waals surface area contributed by atoms with Crippen molar-refractivity contribution in [3.8, 4) is 0 Å². The van der Waals surface area contributed by atoms with Crippen LogP contribution in [0.5, 0.6) is 0 Å². The van der Waals surface area contributed by atoms with Crippen molar-refractivity contribution in [2.24, 2.45) is 11.6 Å². The molecule has 0 saturated heterocycles. The molecule has 0 aliphatic rings. The highest BCUT2D eigenvalue weighted by atomic mass is 79.9. The number of hydrogen-bond donors (Lipinski definition) is 2. The summed E-state index contributed by atoms with van der Waals surface area (Å²) in [4.78, 5) is 39.9. The molecule has 3 unspecified atom stereocenters. The van der Waals surface area contributed by atoms with E-state index in [1.54, 1.807) is 12.3 Å². The number of benzene rings is 1. The van der Waals surface area contributed by atoms with Crippen LogP contribution in [0.4, 0.5) is 13.2 Å². The summed E-state index contributed by atoms with van der Waals surface area (Å²) < 4.78 is 63.5. The predicted molar refractivity (Wildman–Crippen MR) is 149 cm³/mol. The third-order valence-corrected chi connectivity index (χ3v) is 6.78. The first-order chi connectivity index (χ1) is 19.7. The van der Waals surface area contributed by atoms with E-state index >= 15 is 0 Å². The first-order valence-corrected chi connectivity index (χ1v) is 13.9. The molecule has 0 spiro atoms. The van der Waals surface area contributed by atoms with Crippen LogP contribution in [0.25, 0.3) is 5.70 Å². The van der Waals surface area contributed by atoms with Crippen molar-refractivity contribution in [3.63, 3.8) is 0 Å². The zero-order valence-electron chi connectivity index (χ0n) is 23.0. The number of nitrogens with zero attached hydrogens (tertiary/aromatic N) is 2. The normalized spacial score (nSPS) is 14.4. The molecule has 4 N–H and O–H groups in total. The van der Waals surface area contributed by atoms with Gasteiger partial charge in [0, 0.05) is 54.3 Å². The van der Waals surface area contributed by atoms with Gasteiger partial charge in [-0.1, -0.05) is 11.8 Å². The topological polar surface area (TPSA) is 156 Å². The van der Waals surface area contributed by atoms with Gasteiger partial charge in [-0.05, 0) is 41.1 Å². The fourth-order valence-corrected chi connectivity index (χ4v) is 5.00. The quantitative estimate of drug-likeness (QED) is 0.0570. The first kappa shape index (κ1) is 34.9. The van der Waals surface area contributed by atoms with Gasteiger partial charge in [0.25, 0.3) is 0 Å². The van der Waals surface area contributed by atoms with Gasteiger partial charge in [0.15, 0.2) is 23.6 Å². The van der Waals surface area contributed by atoms with E-state index in [0.29, 0.717) is 21.5 Å². The van der Waals surface area contributed by atoms with Crippen molar-refractivity contribution in [3.05, 3.63) is 64.3 Å². The summed E-state index contributed by atoms with van der Waals surface area (Å²) in [6.07, 6.45) is 1.08. The lowest BCUT2D eigenvalue weighted by Crippen LogP contribution is -2.46. The minimum Gasteiger partial charge on any atom is -0.463 e. The molecule has 0 aliphatic carbocycles. The summed E-state index contributed by atoms with van der Waals surface area (Å²) in [7, 11) is 0. The van der Waals surface area contributed by atoms with Gasteiger partial charge < -0.3 is 29.7 Å². The maximum Gasteiger partial charge on any atom is 0.303 e. The summed E-state index contributed by atoms with van der Waals surface area (Å²) >= 11 is 4.40. The molecule has 0 aliphatic heterocycles. The van der Waals surface area contributed by atoms with Crippen LogP contribution >= 0.6 is 27.7 Å². The van der Waals surface area contributed by atoms with E-state index in [9.17, 15) is 27.6 Å². The van der Waals surface area contributed by atoms with Crippen molar-refractivity contribution in [1.29, 1.82) is 0 Å². The minimum absolute atomic E-state index is 0.190. The van der Waals surface area contributed by atoms with Crippen LogP contribution in [0.15, 0.2) is 46.2 Å². The number of thioether (sulfide) groups is 1. The van der Waals surface area contributed by atoms with Crippen molar-refractivity contribution in [1.82, 2.24) is 9.99 Å². The van der Waals surface area contributed by atoms with Crippen molar-refractivity contribution in [2.45, 2.75) is 56.3 Å². The van der Waals surface area contributed by atoms with Gasteiger partial charge in [-0.25, -0.2) is 19.0 Å². The minimum atomic E-state index is -1.66. The van der Waals surface area contributed by atoms with Gasteiger partial charge in [0.05, 0.1) is 12.2 Å². The largest absolute Gasteiger partial charge is 0.463 e. The molecule has 0 saturated carbocycles. The average molecular weight is 680 g/mol. The number of hydrogen-bond acceptors (Lipinski definition) is 12. The number of halogens is 4. The molecular weight excluding hydrogens is 649 g/mol. The molecule has 16 heteroatoms. The third kappa shape index (κ3) is 11.5. The number of carbonyl (C=O) groups is 3. The van der Waals surface area contributed by atoms with E-state index in [2.05, 4.69) is 20.9 Å². The zero-order valence-corrected chi connectivity index (χ0v) is 25.4. The fraction of sp³-hybridized carbons (Fsp3) is 0.385. The molecule has 42 heavy (non-hydrogen) atoms. The Hall–Kier alpha value is -3.34. The lowest BCUT2D eigenvalue weighted by molar-refractivity contribution is -0.170. The Morgan fingerprint density at radius 2 is 1.64 bits per heavy atom. The van der Waals surface area contributed by atoms with Crippen molar-refractivity contribution in [2.75, 3.05) is 13.2 Å². The summed E-state index contributed by atoms with van der Waals surface area (Å²) in [6, 6.07) is 3.10. The molecule has 2 aromatic rings. The number of aromatic nitrogens is 1. The SMILES string of the molecule is CC(=O)OCC(OC(Sc1cncc(Br)c1)[C@H](CN(N)/C=C(\N)c1cc(F)c(F)c(F)c1)OC(C)=O)C(C)OC(C)=O. The maximum absolute atomic E-state index is 13.7. The van der Waals surface area contributed by atoms with Gasteiger partial charge in [-0.3, -0.25) is 19.4 Å². The Bertz CT molecular complexity index is 1280. The molecule has 0 bridgehead atoms. The van der Waals surface area contributed by atoms with E-state index in [4.69, 9.17) is 30.5 Å². The van der Waals surface area contributed by atoms with Gasteiger partial charge in [0.1, 0.15) is 24.3 Å². The number of ether oxygens (including phenoxy) is 4. The number of pyridine rings is 1. The van der Waals surface area contributed by atoms with Crippen LogP contribution in [-0.4, -0.2) is 64.8 Å². The highest BCUT2D eigenvalue weighted by Gasteiger charge is 2.34. The van der Waals surface area contributed by atoms with Crippen LogP contribution in [0.2, 0.25) is 0 Å². The molecule has 1 aromatic heterocycles. The molecule has 11 nitrogen and oxygen atoms in total. The molecule has 0 radical (unpaired) electrons. The van der Waals surface area contributed by atoms with Gasteiger partial charge in [-0.15, -0.1) is 0 Å². The van der Waals surface area contributed by atoms with Crippen LogP contribution in [0.1, 0.15) is 33.3 Å². The molecule has 1 aromatic carbocycles. The van der Waals surface area contributed by atoms with E-state index in [-0.39, 0.29) is 24.4 Å². The Balaban J connectivity index is 2.45.